The molecular weight excluding hydrogens is 210 g/mol. The fourth-order valence-electron chi connectivity index (χ4n) is 1.76. The highest BCUT2D eigenvalue weighted by molar-refractivity contribution is 5.68. The van der Waals surface area contributed by atoms with Gasteiger partial charge in [0.25, 0.3) is 0 Å². The Labute approximate surface area is 92.4 Å². The molecule has 86 valence electrons. The van der Waals surface area contributed by atoms with Crippen LogP contribution in [0, 0.1) is 10.1 Å². The van der Waals surface area contributed by atoms with Gasteiger partial charge in [0.05, 0.1) is 4.92 Å². The molecule has 2 N–H and O–H groups in total. The van der Waals surface area contributed by atoms with Gasteiger partial charge in [-0.2, -0.15) is 0 Å². The van der Waals surface area contributed by atoms with Gasteiger partial charge in [0.2, 0.25) is 11.6 Å². The SMILES string of the molecule is CN(c1ncnc(N)c1[N+](=O)[O-])C1CCC1. The highest BCUT2D eigenvalue weighted by Crippen LogP contribution is 2.34. The summed E-state index contributed by atoms with van der Waals surface area (Å²) >= 11 is 0. The quantitative estimate of drug-likeness (QED) is 0.605. The van der Waals surface area contributed by atoms with Crippen LogP contribution in [0.4, 0.5) is 17.3 Å². The summed E-state index contributed by atoms with van der Waals surface area (Å²) in [4.78, 5) is 19.8. The second kappa shape index (κ2) is 3.92. The van der Waals surface area contributed by atoms with Gasteiger partial charge >= 0.3 is 5.69 Å². The summed E-state index contributed by atoms with van der Waals surface area (Å²) in [5, 5.41) is 10.9. The molecule has 1 heterocycles. The molecule has 0 saturated heterocycles. The fourth-order valence-corrected chi connectivity index (χ4v) is 1.76. The predicted octanol–water partition coefficient (Wildman–Crippen LogP) is 0.956. The van der Waals surface area contributed by atoms with Gasteiger partial charge in [-0.25, -0.2) is 9.97 Å². The number of nitro groups is 1. The van der Waals surface area contributed by atoms with Crippen LogP contribution >= 0.6 is 0 Å². The maximum atomic E-state index is 10.9. The maximum Gasteiger partial charge on any atom is 0.353 e. The number of hydrogen-bond donors (Lipinski definition) is 1. The lowest BCUT2D eigenvalue weighted by molar-refractivity contribution is -0.383. The van der Waals surface area contributed by atoms with Crippen molar-refractivity contribution in [3.05, 3.63) is 16.4 Å². The molecule has 1 aliphatic carbocycles. The Bertz CT molecular complexity index is 418. The second-order valence-electron chi connectivity index (χ2n) is 3.88. The number of nitrogens with two attached hydrogens (primary N) is 1. The first kappa shape index (κ1) is 10.6. The van der Waals surface area contributed by atoms with E-state index >= 15 is 0 Å². The minimum absolute atomic E-state index is 0.0822. The molecule has 0 bridgehead atoms. The summed E-state index contributed by atoms with van der Waals surface area (Å²) in [6.45, 7) is 0. The number of anilines is 2. The van der Waals surface area contributed by atoms with E-state index in [1.165, 1.54) is 6.33 Å². The molecule has 1 fully saturated rings. The maximum absolute atomic E-state index is 10.9. The molecule has 7 nitrogen and oxygen atoms in total. The van der Waals surface area contributed by atoms with Gasteiger partial charge in [-0.15, -0.1) is 0 Å². The summed E-state index contributed by atoms with van der Waals surface area (Å²) < 4.78 is 0. The standard InChI is InChI=1S/C9H13N5O2/c1-13(6-3-2-4-6)9-7(14(15)16)8(10)11-5-12-9/h5-6H,2-4H2,1H3,(H2,10,11,12). The van der Waals surface area contributed by atoms with Gasteiger partial charge in [-0.1, -0.05) is 0 Å². The van der Waals surface area contributed by atoms with E-state index in [0.29, 0.717) is 11.9 Å². The first-order valence-corrected chi connectivity index (χ1v) is 5.09. The van der Waals surface area contributed by atoms with E-state index in [4.69, 9.17) is 5.73 Å². The average Bonchev–Trinajstić information content (AvgIpc) is 2.13. The lowest BCUT2D eigenvalue weighted by Gasteiger charge is -2.35. The third kappa shape index (κ3) is 1.64. The van der Waals surface area contributed by atoms with Gasteiger partial charge in [0, 0.05) is 13.1 Å². The lowest BCUT2D eigenvalue weighted by Crippen LogP contribution is -2.38. The Balaban J connectivity index is 2.38. The van der Waals surface area contributed by atoms with Crippen molar-refractivity contribution in [2.24, 2.45) is 0 Å². The monoisotopic (exact) mass is 223 g/mol. The summed E-state index contributed by atoms with van der Waals surface area (Å²) in [5.41, 5.74) is 5.30. The third-order valence-electron chi connectivity index (χ3n) is 2.97. The minimum Gasteiger partial charge on any atom is -0.378 e. The summed E-state index contributed by atoms with van der Waals surface area (Å²) in [6.07, 6.45) is 4.49. The van der Waals surface area contributed by atoms with E-state index in [0.717, 1.165) is 19.3 Å². The summed E-state index contributed by atoms with van der Waals surface area (Å²) in [5.74, 6) is 0.225. The molecule has 0 aliphatic heterocycles. The molecule has 0 radical (unpaired) electrons. The molecule has 2 rings (SSSR count). The van der Waals surface area contributed by atoms with Crippen LogP contribution in [0.15, 0.2) is 6.33 Å². The Hall–Kier alpha value is -1.92. The molecule has 1 aliphatic rings. The van der Waals surface area contributed by atoms with Crippen LogP contribution in [0.1, 0.15) is 19.3 Å². The van der Waals surface area contributed by atoms with Crippen LogP contribution in [0.5, 0.6) is 0 Å². The van der Waals surface area contributed by atoms with Crippen LogP contribution in [-0.4, -0.2) is 28.0 Å². The van der Waals surface area contributed by atoms with E-state index in [1.807, 2.05) is 4.90 Å². The molecule has 7 heteroatoms. The summed E-state index contributed by atoms with van der Waals surface area (Å²) in [7, 11) is 1.80. The van der Waals surface area contributed by atoms with Crippen molar-refractivity contribution in [1.29, 1.82) is 0 Å². The molecule has 0 amide bonds. The van der Waals surface area contributed by atoms with Crippen LogP contribution in [0.3, 0.4) is 0 Å². The predicted molar refractivity (Wildman–Crippen MR) is 59.1 cm³/mol. The zero-order valence-corrected chi connectivity index (χ0v) is 8.96. The summed E-state index contributed by atoms with van der Waals surface area (Å²) in [6, 6.07) is 0.327. The number of hydrogen-bond acceptors (Lipinski definition) is 6. The smallest absolute Gasteiger partial charge is 0.353 e. The first-order valence-electron chi connectivity index (χ1n) is 5.09. The molecule has 0 atom stereocenters. The van der Waals surface area contributed by atoms with Gasteiger partial charge in [0.1, 0.15) is 6.33 Å². The Kier molecular flexibility index (Phi) is 2.59. The van der Waals surface area contributed by atoms with Crippen molar-refractivity contribution >= 4 is 17.3 Å². The fraction of sp³-hybridized carbons (Fsp3) is 0.556. The molecule has 16 heavy (non-hydrogen) atoms. The van der Waals surface area contributed by atoms with E-state index in [-0.39, 0.29) is 11.5 Å². The number of nitrogens with zero attached hydrogens (tertiary/aromatic N) is 4. The van der Waals surface area contributed by atoms with Gasteiger partial charge in [0.15, 0.2) is 0 Å². The van der Waals surface area contributed by atoms with Crippen LogP contribution < -0.4 is 10.6 Å². The number of aromatic nitrogens is 2. The zero-order valence-electron chi connectivity index (χ0n) is 8.96. The topological polar surface area (TPSA) is 98.2 Å². The number of nitrogen functional groups attached to an aromatic ring is 1. The second-order valence-corrected chi connectivity index (χ2v) is 3.88. The molecule has 1 aromatic rings. The Morgan fingerprint density at radius 1 is 1.56 bits per heavy atom. The van der Waals surface area contributed by atoms with Gasteiger partial charge < -0.3 is 10.6 Å². The zero-order chi connectivity index (χ0) is 11.7. The van der Waals surface area contributed by atoms with Crippen molar-refractivity contribution in [2.45, 2.75) is 25.3 Å². The van der Waals surface area contributed by atoms with Gasteiger partial charge in [-0.3, -0.25) is 10.1 Å². The van der Waals surface area contributed by atoms with Crippen molar-refractivity contribution in [3.63, 3.8) is 0 Å². The third-order valence-corrected chi connectivity index (χ3v) is 2.97. The van der Waals surface area contributed by atoms with Crippen molar-refractivity contribution < 1.29 is 4.92 Å². The van der Waals surface area contributed by atoms with Gasteiger partial charge in [-0.05, 0) is 19.3 Å². The van der Waals surface area contributed by atoms with Crippen LogP contribution in [0.25, 0.3) is 0 Å². The van der Waals surface area contributed by atoms with Crippen LogP contribution in [0.2, 0.25) is 0 Å². The Morgan fingerprint density at radius 3 is 2.75 bits per heavy atom. The van der Waals surface area contributed by atoms with Crippen LogP contribution in [-0.2, 0) is 0 Å². The highest BCUT2D eigenvalue weighted by Gasteiger charge is 2.30. The largest absolute Gasteiger partial charge is 0.378 e. The first-order chi connectivity index (χ1) is 7.61. The van der Waals surface area contributed by atoms with Crippen molar-refractivity contribution in [2.75, 3.05) is 17.7 Å². The molecule has 0 unspecified atom stereocenters. The number of rotatable bonds is 3. The molecule has 1 saturated carbocycles. The Morgan fingerprint density at radius 2 is 2.25 bits per heavy atom. The molecule has 0 spiro atoms. The molecule has 0 aromatic carbocycles. The highest BCUT2D eigenvalue weighted by atomic mass is 16.6. The van der Waals surface area contributed by atoms with E-state index in [9.17, 15) is 10.1 Å². The lowest BCUT2D eigenvalue weighted by atomic mass is 9.92. The van der Waals surface area contributed by atoms with Crippen molar-refractivity contribution in [3.8, 4) is 0 Å². The minimum atomic E-state index is -0.528. The van der Waals surface area contributed by atoms with E-state index < -0.39 is 4.92 Å². The average molecular weight is 223 g/mol. The van der Waals surface area contributed by atoms with E-state index in [2.05, 4.69) is 9.97 Å². The molecule has 1 aromatic heterocycles. The van der Waals surface area contributed by atoms with E-state index in [1.54, 1.807) is 7.05 Å². The molecular formula is C9H13N5O2. The van der Waals surface area contributed by atoms with Crippen molar-refractivity contribution in [1.82, 2.24) is 9.97 Å². The normalized spacial score (nSPS) is 15.6.